The summed E-state index contributed by atoms with van der Waals surface area (Å²) in [6, 6.07) is 8.54. The monoisotopic (exact) mass is 227 g/mol. The molecular formula is C16H21N. The zero-order valence-corrected chi connectivity index (χ0v) is 11.1. The number of hydrogen-bond donors (Lipinski definition) is 0. The van der Waals surface area contributed by atoms with Crippen molar-refractivity contribution < 1.29 is 0 Å². The van der Waals surface area contributed by atoms with Gasteiger partial charge in [-0.2, -0.15) is 5.26 Å². The highest BCUT2D eigenvalue weighted by molar-refractivity contribution is 5.44. The van der Waals surface area contributed by atoms with Crippen molar-refractivity contribution in [2.45, 2.75) is 51.9 Å². The molecule has 0 heterocycles. The maximum atomic E-state index is 9.07. The van der Waals surface area contributed by atoms with Crippen molar-refractivity contribution in [3.8, 4) is 6.07 Å². The summed E-state index contributed by atoms with van der Waals surface area (Å²) >= 11 is 0. The lowest BCUT2D eigenvalue weighted by molar-refractivity contribution is 0.253. The van der Waals surface area contributed by atoms with Crippen molar-refractivity contribution in [3.05, 3.63) is 34.9 Å². The van der Waals surface area contributed by atoms with Gasteiger partial charge >= 0.3 is 0 Å². The van der Waals surface area contributed by atoms with Gasteiger partial charge < -0.3 is 0 Å². The molecule has 1 aromatic rings. The van der Waals surface area contributed by atoms with E-state index in [0.29, 0.717) is 11.3 Å². The van der Waals surface area contributed by atoms with Gasteiger partial charge in [-0.15, -0.1) is 0 Å². The fourth-order valence-electron chi connectivity index (χ4n) is 3.43. The minimum absolute atomic E-state index is 0.292. The molecule has 90 valence electrons. The average Bonchev–Trinajstić information content (AvgIpc) is 2.37. The molecule has 1 nitrogen and oxygen atoms in total. The molecule has 1 aliphatic carbocycles. The topological polar surface area (TPSA) is 23.8 Å². The van der Waals surface area contributed by atoms with E-state index < -0.39 is 0 Å². The predicted molar refractivity (Wildman–Crippen MR) is 70.9 cm³/mol. The molecule has 0 radical (unpaired) electrons. The standard InChI is InChI=1S/C16H21N/c1-4-16(12(2)3)9-5-6-14-8-7-13(11-17)10-15(14)16/h7-8,10,12H,4-6,9H2,1-3H3. The van der Waals surface area contributed by atoms with Crippen LogP contribution in [0.3, 0.4) is 0 Å². The van der Waals surface area contributed by atoms with E-state index in [9.17, 15) is 0 Å². The van der Waals surface area contributed by atoms with Crippen LogP contribution in [-0.2, 0) is 11.8 Å². The van der Waals surface area contributed by atoms with E-state index in [0.717, 1.165) is 5.56 Å². The molecule has 0 aliphatic heterocycles. The van der Waals surface area contributed by atoms with Crippen LogP contribution in [-0.4, -0.2) is 0 Å². The van der Waals surface area contributed by atoms with E-state index >= 15 is 0 Å². The summed E-state index contributed by atoms with van der Waals surface area (Å²) < 4.78 is 0. The molecule has 0 fully saturated rings. The Kier molecular flexibility index (Phi) is 3.24. The normalized spacial score (nSPS) is 23.2. The molecule has 0 saturated heterocycles. The SMILES string of the molecule is CCC1(C(C)C)CCCc2ccc(C#N)cc21. The van der Waals surface area contributed by atoms with E-state index in [1.54, 1.807) is 0 Å². The molecule has 1 unspecified atom stereocenters. The van der Waals surface area contributed by atoms with Crippen LogP contribution in [0.5, 0.6) is 0 Å². The van der Waals surface area contributed by atoms with Crippen molar-refractivity contribution >= 4 is 0 Å². The number of fused-ring (bicyclic) bond motifs is 1. The maximum Gasteiger partial charge on any atom is 0.0991 e. The molecule has 0 saturated carbocycles. The summed E-state index contributed by atoms with van der Waals surface area (Å²) in [5, 5.41) is 9.07. The van der Waals surface area contributed by atoms with Crippen LogP contribution in [0.1, 0.15) is 56.7 Å². The van der Waals surface area contributed by atoms with Gasteiger partial charge in [-0.1, -0.05) is 26.8 Å². The minimum atomic E-state index is 0.292. The lowest BCUT2D eigenvalue weighted by Crippen LogP contribution is -2.35. The first kappa shape index (κ1) is 12.2. The Morgan fingerprint density at radius 3 is 2.76 bits per heavy atom. The van der Waals surface area contributed by atoms with Crippen molar-refractivity contribution in [1.29, 1.82) is 5.26 Å². The van der Waals surface area contributed by atoms with Crippen molar-refractivity contribution in [1.82, 2.24) is 0 Å². The Morgan fingerprint density at radius 2 is 2.18 bits per heavy atom. The molecule has 1 aromatic carbocycles. The third-order valence-electron chi connectivity index (χ3n) is 4.58. The number of aryl methyl sites for hydroxylation is 1. The third kappa shape index (κ3) is 1.86. The first-order chi connectivity index (χ1) is 8.14. The van der Waals surface area contributed by atoms with E-state index in [1.165, 1.54) is 36.8 Å². The number of benzene rings is 1. The van der Waals surface area contributed by atoms with Crippen LogP contribution < -0.4 is 0 Å². The highest BCUT2D eigenvalue weighted by Gasteiger charge is 2.37. The van der Waals surface area contributed by atoms with Crippen LogP contribution in [0, 0.1) is 17.2 Å². The van der Waals surface area contributed by atoms with E-state index in [4.69, 9.17) is 5.26 Å². The third-order valence-corrected chi connectivity index (χ3v) is 4.58. The second-order valence-corrected chi connectivity index (χ2v) is 5.50. The Bertz CT molecular complexity index is 453. The Morgan fingerprint density at radius 1 is 1.41 bits per heavy atom. The average molecular weight is 227 g/mol. The first-order valence-electron chi connectivity index (χ1n) is 6.67. The van der Waals surface area contributed by atoms with Gasteiger partial charge in [0, 0.05) is 0 Å². The highest BCUT2D eigenvalue weighted by Crippen LogP contribution is 2.45. The van der Waals surface area contributed by atoms with Gasteiger partial charge in [0.2, 0.25) is 0 Å². The molecule has 0 aromatic heterocycles. The smallest absolute Gasteiger partial charge is 0.0991 e. The number of nitriles is 1. The largest absolute Gasteiger partial charge is 0.192 e. The Balaban J connectivity index is 2.59. The van der Waals surface area contributed by atoms with Crippen LogP contribution in [0.25, 0.3) is 0 Å². The van der Waals surface area contributed by atoms with E-state index in [2.05, 4.69) is 39.0 Å². The van der Waals surface area contributed by atoms with Crippen LogP contribution in [0.4, 0.5) is 0 Å². The molecule has 0 spiro atoms. The van der Waals surface area contributed by atoms with Crippen molar-refractivity contribution in [2.75, 3.05) is 0 Å². The fourth-order valence-corrected chi connectivity index (χ4v) is 3.43. The molecule has 0 N–H and O–H groups in total. The fraction of sp³-hybridized carbons (Fsp3) is 0.562. The zero-order valence-electron chi connectivity index (χ0n) is 11.1. The lowest BCUT2D eigenvalue weighted by Gasteiger charge is -2.42. The molecular weight excluding hydrogens is 206 g/mol. The maximum absolute atomic E-state index is 9.07. The van der Waals surface area contributed by atoms with Gasteiger partial charge in [0.05, 0.1) is 11.6 Å². The zero-order chi connectivity index (χ0) is 12.5. The second kappa shape index (κ2) is 4.53. The Labute approximate surface area is 104 Å². The summed E-state index contributed by atoms with van der Waals surface area (Å²) in [5.41, 5.74) is 4.01. The molecule has 2 rings (SSSR count). The van der Waals surface area contributed by atoms with Gasteiger partial charge in [0.15, 0.2) is 0 Å². The van der Waals surface area contributed by atoms with E-state index in [1.807, 2.05) is 6.07 Å². The second-order valence-electron chi connectivity index (χ2n) is 5.50. The molecule has 1 atom stereocenters. The summed E-state index contributed by atoms with van der Waals surface area (Å²) in [4.78, 5) is 0. The van der Waals surface area contributed by atoms with Gasteiger partial charge in [-0.05, 0) is 60.3 Å². The molecule has 0 amide bonds. The van der Waals surface area contributed by atoms with Crippen LogP contribution >= 0.6 is 0 Å². The molecule has 0 bridgehead atoms. The summed E-state index contributed by atoms with van der Waals surface area (Å²) in [5.74, 6) is 0.639. The summed E-state index contributed by atoms with van der Waals surface area (Å²) in [6.45, 7) is 6.92. The molecule has 1 aliphatic rings. The van der Waals surface area contributed by atoms with Crippen LogP contribution in [0.15, 0.2) is 18.2 Å². The lowest BCUT2D eigenvalue weighted by atomic mass is 9.62. The Hall–Kier alpha value is -1.29. The van der Waals surface area contributed by atoms with Gasteiger partial charge in [0.25, 0.3) is 0 Å². The number of nitrogens with zero attached hydrogens (tertiary/aromatic N) is 1. The van der Waals surface area contributed by atoms with Gasteiger partial charge in [-0.3, -0.25) is 0 Å². The summed E-state index contributed by atoms with van der Waals surface area (Å²) in [6.07, 6.45) is 4.90. The first-order valence-corrected chi connectivity index (χ1v) is 6.67. The van der Waals surface area contributed by atoms with Crippen molar-refractivity contribution in [3.63, 3.8) is 0 Å². The highest BCUT2D eigenvalue weighted by atomic mass is 14.4. The van der Waals surface area contributed by atoms with Gasteiger partial charge in [0.1, 0.15) is 0 Å². The van der Waals surface area contributed by atoms with Crippen LogP contribution in [0.2, 0.25) is 0 Å². The number of rotatable bonds is 2. The molecule has 17 heavy (non-hydrogen) atoms. The minimum Gasteiger partial charge on any atom is -0.192 e. The molecule has 1 heteroatoms. The quantitative estimate of drug-likeness (QED) is 0.743. The summed E-state index contributed by atoms with van der Waals surface area (Å²) in [7, 11) is 0. The van der Waals surface area contributed by atoms with Crippen molar-refractivity contribution in [2.24, 2.45) is 5.92 Å². The number of hydrogen-bond acceptors (Lipinski definition) is 1. The van der Waals surface area contributed by atoms with Gasteiger partial charge in [-0.25, -0.2) is 0 Å². The predicted octanol–water partition coefficient (Wildman–Crippen LogP) is 4.20. The van der Waals surface area contributed by atoms with E-state index in [-0.39, 0.29) is 0 Å².